The number of nitrogens with two attached hydrogens (primary N) is 1. The topological polar surface area (TPSA) is 116 Å². The van der Waals surface area contributed by atoms with Crippen LogP contribution in [0.15, 0.2) is 71.6 Å². The van der Waals surface area contributed by atoms with Crippen LogP contribution in [0.4, 0.5) is 5.95 Å². The van der Waals surface area contributed by atoms with E-state index in [4.69, 9.17) is 15.1 Å². The molecule has 8 nitrogen and oxygen atoms in total. The molecule has 0 bridgehead atoms. The van der Waals surface area contributed by atoms with E-state index in [1.807, 2.05) is 22.8 Å². The van der Waals surface area contributed by atoms with Gasteiger partial charge in [0.25, 0.3) is 0 Å². The smallest absolute Gasteiger partial charge is 0.222 e. The van der Waals surface area contributed by atoms with Crippen LogP contribution in [0.25, 0.3) is 28.3 Å². The van der Waals surface area contributed by atoms with Crippen molar-refractivity contribution in [1.82, 2.24) is 24.5 Å². The van der Waals surface area contributed by atoms with Crippen LogP contribution in [0.3, 0.4) is 0 Å². The van der Waals surface area contributed by atoms with E-state index in [-0.39, 0.29) is 11.7 Å². The zero-order chi connectivity index (χ0) is 19.8. The highest BCUT2D eigenvalue weighted by Crippen LogP contribution is 2.28. The number of fused-ring (bicyclic) bond motifs is 1. The lowest BCUT2D eigenvalue weighted by Gasteiger charge is -2.10. The monoisotopic (exact) mass is 384 g/mol. The summed E-state index contributed by atoms with van der Waals surface area (Å²) in [4.78, 5) is 17.5. The molecule has 0 saturated carbocycles. The molecule has 0 saturated heterocycles. The van der Waals surface area contributed by atoms with Crippen LogP contribution in [0.2, 0.25) is 0 Å². The minimum atomic E-state index is 0.129. The summed E-state index contributed by atoms with van der Waals surface area (Å²) in [7, 11) is 0. The first-order chi connectivity index (χ1) is 14.2. The standard InChI is InChI=1S/C21H16N6O2/c22-21-25-16(18-2-1-9-29-18)12-20(26-21)27-17-4-3-14(28)11-15(17)24-19(27)10-13-5-7-23-8-6-13/h1-9,11-12,28H,10H2,(H2,22,25,26). The number of hydrogen-bond donors (Lipinski definition) is 2. The average Bonchev–Trinajstić information content (AvgIpc) is 3.36. The Bertz CT molecular complexity index is 1300. The molecule has 0 aliphatic carbocycles. The SMILES string of the molecule is Nc1nc(-c2ccco2)cc(-n2c(Cc3ccncc3)nc3cc(O)ccc32)n1. The van der Waals surface area contributed by atoms with Crippen molar-refractivity contribution in [3.8, 4) is 23.0 Å². The number of hydrogen-bond acceptors (Lipinski definition) is 7. The van der Waals surface area contributed by atoms with Crippen LogP contribution >= 0.6 is 0 Å². The molecule has 0 fully saturated rings. The van der Waals surface area contributed by atoms with Gasteiger partial charge < -0.3 is 15.3 Å². The number of nitrogens with zero attached hydrogens (tertiary/aromatic N) is 5. The number of phenols is 1. The first kappa shape index (κ1) is 16.9. The van der Waals surface area contributed by atoms with E-state index in [9.17, 15) is 5.11 Å². The van der Waals surface area contributed by atoms with Crippen molar-refractivity contribution in [2.45, 2.75) is 6.42 Å². The number of benzene rings is 1. The number of aromatic hydroxyl groups is 1. The van der Waals surface area contributed by atoms with Gasteiger partial charge in [-0.2, -0.15) is 4.98 Å². The summed E-state index contributed by atoms with van der Waals surface area (Å²) in [5, 5.41) is 9.89. The van der Waals surface area contributed by atoms with E-state index < -0.39 is 0 Å². The first-order valence-electron chi connectivity index (χ1n) is 8.95. The first-order valence-corrected chi connectivity index (χ1v) is 8.95. The molecule has 0 unspecified atom stereocenters. The van der Waals surface area contributed by atoms with Gasteiger partial charge in [0.1, 0.15) is 23.1 Å². The van der Waals surface area contributed by atoms with Crippen molar-refractivity contribution in [3.05, 3.63) is 78.6 Å². The largest absolute Gasteiger partial charge is 0.508 e. The molecule has 0 radical (unpaired) electrons. The fourth-order valence-corrected chi connectivity index (χ4v) is 3.29. The van der Waals surface area contributed by atoms with Crippen LogP contribution < -0.4 is 5.73 Å². The summed E-state index contributed by atoms with van der Waals surface area (Å²) in [6.07, 6.45) is 5.62. The molecule has 142 valence electrons. The number of aromatic nitrogens is 5. The molecule has 0 spiro atoms. The van der Waals surface area contributed by atoms with Crippen molar-refractivity contribution < 1.29 is 9.52 Å². The Labute approximate surface area is 165 Å². The molecule has 3 N–H and O–H groups in total. The minimum Gasteiger partial charge on any atom is -0.508 e. The minimum absolute atomic E-state index is 0.129. The third-order valence-corrected chi connectivity index (χ3v) is 4.55. The fourth-order valence-electron chi connectivity index (χ4n) is 3.29. The molecular formula is C21H16N6O2. The maximum absolute atomic E-state index is 9.89. The number of nitrogen functional groups attached to an aromatic ring is 1. The van der Waals surface area contributed by atoms with Crippen LogP contribution in [-0.4, -0.2) is 29.6 Å². The lowest BCUT2D eigenvalue weighted by molar-refractivity contribution is 0.476. The van der Waals surface area contributed by atoms with Crippen LogP contribution in [0.1, 0.15) is 11.4 Å². The molecule has 4 aromatic heterocycles. The van der Waals surface area contributed by atoms with E-state index in [0.29, 0.717) is 29.2 Å². The lowest BCUT2D eigenvalue weighted by atomic mass is 10.2. The average molecular weight is 384 g/mol. The number of anilines is 1. The molecule has 5 rings (SSSR count). The number of pyridine rings is 1. The second-order valence-corrected chi connectivity index (χ2v) is 6.52. The predicted molar refractivity (Wildman–Crippen MR) is 107 cm³/mol. The zero-order valence-corrected chi connectivity index (χ0v) is 15.2. The second kappa shape index (κ2) is 6.75. The van der Waals surface area contributed by atoms with Crippen molar-refractivity contribution in [3.63, 3.8) is 0 Å². The highest BCUT2D eigenvalue weighted by Gasteiger charge is 2.17. The number of rotatable bonds is 4. The van der Waals surface area contributed by atoms with E-state index in [1.165, 1.54) is 0 Å². The van der Waals surface area contributed by atoms with Crippen molar-refractivity contribution in [1.29, 1.82) is 0 Å². The van der Waals surface area contributed by atoms with Gasteiger partial charge in [0.15, 0.2) is 5.76 Å². The van der Waals surface area contributed by atoms with Crippen molar-refractivity contribution >= 4 is 17.0 Å². The Morgan fingerprint density at radius 3 is 2.66 bits per heavy atom. The Hall–Kier alpha value is -4.20. The highest BCUT2D eigenvalue weighted by atomic mass is 16.3. The van der Waals surface area contributed by atoms with Gasteiger partial charge in [-0.25, -0.2) is 9.97 Å². The molecule has 0 aliphatic rings. The molecule has 1 aromatic carbocycles. The quantitative estimate of drug-likeness (QED) is 0.488. The Morgan fingerprint density at radius 2 is 1.86 bits per heavy atom. The lowest BCUT2D eigenvalue weighted by Crippen LogP contribution is -2.07. The number of phenolic OH excluding ortho intramolecular Hbond substituents is 1. The molecular weight excluding hydrogens is 368 g/mol. The van der Waals surface area contributed by atoms with E-state index >= 15 is 0 Å². The van der Waals surface area contributed by atoms with Gasteiger partial charge in [0.2, 0.25) is 5.95 Å². The summed E-state index contributed by atoms with van der Waals surface area (Å²) < 4.78 is 7.38. The van der Waals surface area contributed by atoms with Gasteiger partial charge in [0.05, 0.1) is 17.3 Å². The zero-order valence-electron chi connectivity index (χ0n) is 15.2. The molecule has 8 heteroatoms. The Kier molecular flexibility index (Phi) is 3.94. The van der Waals surface area contributed by atoms with E-state index in [0.717, 1.165) is 16.9 Å². The van der Waals surface area contributed by atoms with Crippen molar-refractivity contribution in [2.75, 3.05) is 5.73 Å². The van der Waals surface area contributed by atoms with Crippen LogP contribution in [0, 0.1) is 0 Å². The molecule has 5 aromatic rings. The molecule has 0 atom stereocenters. The third-order valence-electron chi connectivity index (χ3n) is 4.55. The summed E-state index contributed by atoms with van der Waals surface area (Å²) in [5.41, 5.74) is 9.08. The maximum atomic E-state index is 9.89. The van der Waals surface area contributed by atoms with Crippen LogP contribution in [0.5, 0.6) is 5.75 Å². The third kappa shape index (κ3) is 3.16. The highest BCUT2D eigenvalue weighted by molar-refractivity contribution is 5.80. The summed E-state index contributed by atoms with van der Waals surface area (Å²) in [6, 6.07) is 14.3. The van der Waals surface area contributed by atoms with Crippen LogP contribution in [-0.2, 0) is 6.42 Å². The van der Waals surface area contributed by atoms with Gasteiger partial charge >= 0.3 is 0 Å². The van der Waals surface area contributed by atoms with Gasteiger partial charge in [-0.3, -0.25) is 9.55 Å². The van der Waals surface area contributed by atoms with Gasteiger partial charge in [0, 0.05) is 30.9 Å². The van der Waals surface area contributed by atoms with Gasteiger partial charge in [-0.05, 0) is 42.0 Å². The predicted octanol–water partition coefficient (Wildman–Crippen LogP) is 3.35. The van der Waals surface area contributed by atoms with E-state index in [2.05, 4.69) is 15.0 Å². The number of furan rings is 1. The molecule has 4 heterocycles. The second-order valence-electron chi connectivity index (χ2n) is 6.52. The van der Waals surface area contributed by atoms with Gasteiger partial charge in [-0.1, -0.05) is 0 Å². The summed E-state index contributed by atoms with van der Waals surface area (Å²) >= 11 is 0. The molecule has 0 aliphatic heterocycles. The van der Waals surface area contributed by atoms with Crippen molar-refractivity contribution in [2.24, 2.45) is 0 Å². The Morgan fingerprint density at radius 1 is 1.00 bits per heavy atom. The molecule has 29 heavy (non-hydrogen) atoms. The number of imidazole rings is 1. The maximum Gasteiger partial charge on any atom is 0.222 e. The molecule has 0 amide bonds. The summed E-state index contributed by atoms with van der Waals surface area (Å²) in [6.45, 7) is 0. The fraction of sp³-hybridized carbons (Fsp3) is 0.0476. The summed E-state index contributed by atoms with van der Waals surface area (Å²) in [5.74, 6) is 2.19. The van der Waals surface area contributed by atoms with E-state index in [1.54, 1.807) is 49.0 Å². The normalized spacial score (nSPS) is 11.2. The van der Waals surface area contributed by atoms with Gasteiger partial charge in [-0.15, -0.1) is 0 Å². The Balaban J connectivity index is 1.72.